The van der Waals surface area contributed by atoms with Crippen molar-refractivity contribution in [1.29, 1.82) is 0 Å². The van der Waals surface area contributed by atoms with Crippen LogP contribution in [0.1, 0.15) is 16.9 Å². The van der Waals surface area contributed by atoms with Crippen molar-refractivity contribution in [2.24, 2.45) is 16.6 Å². The molecule has 0 spiro atoms. The van der Waals surface area contributed by atoms with Gasteiger partial charge in [0.1, 0.15) is 30.6 Å². The molecule has 0 bridgehead atoms. The number of carbonyl (C=O) groups excluding carboxylic acids is 1. The van der Waals surface area contributed by atoms with E-state index in [-0.39, 0.29) is 24.6 Å². The number of aromatic nitrogens is 1. The van der Waals surface area contributed by atoms with Crippen LogP contribution in [0.25, 0.3) is 0 Å². The molecule has 6 nitrogen and oxygen atoms in total. The average molecular weight is 413 g/mol. The number of allylic oxidation sites excluding steroid dienone is 3. The van der Waals surface area contributed by atoms with Crippen molar-refractivity contribution in [3.63, 3.8) is 0 Å². The molecular weight excluding hydrogens is 398 g/mol. The predicted octanol–water partition coefficient (Wildman–Crippen LogP) is 2.38. The fourth-order valence-corrected chi connectivity index (χ4v) is 2.88. The molecule has 132 valence electrons. The van der Waals surface area contributed by atoms with Crippen molar-refractivity contribution in [3.05, 3.63) is 52.2 Å². The summed E-state index contributed by atoms with van der Waals surface area (Å²) in [7, 11) is 0. The van der Waals surface area contributed by atoms with E-state index in [2.05, 4.69) is 31.2 Å². The lowest BCUT2D eigenvalue weighted by Crippen LogP contribution is -2.45. The number of hydrogen-bond donors (Lipinski definition) is 2. The van der Waals surface area contributed by atoms with Crippen molar-refractivity contribution in [2.75, 3.05) is 13.2 Å². The SMILES string of the molecule is NC1=N[C@](F)(C2CC(NC(=O)c3ccc(Br)cn3)=CC=C2F)COC1. The number of pyridine rings is 1. The number of nitrogens with zero attached hydrogens (tertiary/aromatic N) is 2. The summed E-state index contributed by atoms with van der Waals surface area (Å²) in [6.45, 7) is -0.381. The summed E-state index contributed by atoms with van der Waals surface area (Å²) in [6.07, 6.45) is 3.91. The fraction of sp³-hybridized carbons (Fsp3) is 0.312. The number of amides is 1. The monoisotopic (exact) mass is 412 g/mol. The molecule has 1 aliphatic carbocycles. The van der Waals surface area contributed by atoms with Gasteiger partial charge in [-0.1, -0.05) is 0 Å². The van der Waals surface area contributed by atoms with Gasteiger partial charge in [0, 0.05) is 22.8 Å². The lowest BCUT2D eigenvalue weighted by atomic mass is 9.88. The molecule has 2 heterocycles. The number of halogens is 3. The van der Waals surface area contributed by atoms with Crippen LogP contribution in [-0.2, 0) is 4.74 Å². The second-order valence-electron chi connectivity index (χ2n) is 5.73. The fourth-order valence-electron chi connectivity index (χ4n) is 2.64. The molecule has 1 aromatic heterocycles. The van der Waals surface area contributed by atoms with E-state index < -0.39 is 30.1 Å². The molecule has 3 rings (SSSR count). The largest absolute Gasteiger partial charge is 0.385 e. The molecule has 0 saturated carbocycles. The minimum atomic E-state index is -2.30. The Kier molecular flexibility index (Phi) is 4.96. The quantitative estimate of drug-likeness (QED) is 0.745. The molecule has 2 aliphatic rings. The van der Waals surface area contributed by atoms with Crippen molar-refractivity contribution in [3.8, 4) is 0 Å². The van der Waals surface area contributed by atoms with Gasteiger partial charge in [0.15, 0.2) is 0 Å². The zero-order chi connectivity index (χ0) is 18.0. The van der Waals surface area contributed by atoms with Gasteiger partial charge in [-0.15, -0.1) is 0 Å². The van der Waals surface area contributed by atoms with Crippen LogP contribution in [0.3, 0.4) is 0 Å². The van der Waals surface area contributed by atoms with E-state index in [0.717, 1.165) is 10.5 Å². The normalized spacial score (nSPS) is 26.4. The Labute approximate surface area is 151 Å². The maximum Gasteiger partial charge on any atom is 0.273 e. The number of amidine groups is 1. The van der Waals surface area contributed by atoms with Crippen LogP contribution in [0.5, 0.6) is 0 Å². The van der Waals surface area contributed by atoms with Crippen molar-refractivity contribution in [2.45, 2.75) is 12.2 Å². The van der Waals surface area contributed by atoms with Gasteiger partial charge in [0.05, 0.1) is 5.92 Å². The van der Waals surface area contributed by atoms with E-state index in [0.29, 0.717) is 5.70 Å². The van der Waals surface area contributed by atoms with Crippen LogP contribution in [0, 0.1) is 5.92 Å². The van der Waals surface area contributed by atoms with E-state index >= 15 is 4.39 Å². The molecule has 0 saturated heterocycles. The Hall–Kier alpha value is -2.13. The smallest absolute Gasteiger partial charge is 0.273 e. The number of aliphatic imine (C=N–C) groups is 1. The molecule has 0 radical (unpaired) electrons. The number of alkyl halides is 1. The van der Waals surface area contributed by atoms with E-state index in [1.807, 2.05) is 0 Å². The van der Waals surface area contributed by atoms with Gasteiger partial charge < -0.3 is 15.8 Å². The Morgan fingerprint density at radius 2 is 2.24 bits per heavy atom. The highest BCUT2D eigenvalue weighted by molar-refractivity contribution is 9.10. The first-order valence-electron chi connectivity index (χ1n) is 7.47. The number of rotatable bonds is 3. The summed E-state index contributed by atoms with van der Waals surface area (Å²) in [5.74, 6) is -4.69. The maximum absolute atomic E-state index is 15.0. The van der Waals surface area contributed by atoms with Gasteiger partial charge in [0.25, 0.3) is 5.91 Å². The molecular formula is C16H15BrF2N4O2. The lowest BCUT2D eigenvalue weighted by molar-refractivity contribution is -0.0149. The van der Waals surface area contributed by atoms with Crippen molar-refractivity contribution in [1.82, 2.24) is 10.3 Å². The van der Waals surface area contributed by atoms with Crippen molar-refractivity contribution < 1.29 is 18.3 Å². The molecule has 0 aromatic carbocycles. The maximum atomic E-state index is 15.0. The van der Waals surface area contributed by atoms with Crippen LogP contribution in [0.2, 0.25) is 0 Å². The topological polar surface area (TPSA) is 89.6 Å². The first-order chi connectivity index (χ1) is 11.9. The van der Waals surface area contributed by atoms with E-state index in [1.165, 1.54) is 18.3 Å². The van der Waals surface area contributed by atoms with Crippen molar-refractivity contribution >= 4 is 27.7 Å². The van der Waals surface area contributed by atoms with E-state index in [4.69, 9.17) is 10.5 Å². The second-order valence-corrected chi connectivity index (χ2v) is 6.65. The second kappa shape index (κ2) is 7.01. The first-order valence-corrected chi connectivity index (χ1v) is 8.27. The zero-order valence-electron chi connectivity index (χ0n) is 13.0. The van der Waals surface area contributed by atoms with Gasteiger partial charge in [-0.3, -0.25) is 4.79 Å². The van der Waals surface area contributed by atoms with Crippen LogP contribution in [0.15, 0.2) is 51.5 Å². The van der Waals surface area contributed by atoms with Gasteiger partial charge in [-0.05, 0) is 40.2 Å². The molecule has 2 atom stereocenters. The minimum Gasteiger partial charge on any atom is -0.385 e. The summed E-state index contributed by atoms with van der Waals surface area (Å²) in [5.41, 5.74) is 6.06. The summed E-state index contributed by atoms with van der Waals surface area (Å²) in [4.78, 5) is 19.9. The number of nitrogens with one attached hydrogen (secondary N) is 1. The lowest BCUT2D eigenvalue weighted by Gasteiger charge is -2.34. The summed E-state index contributed by atoms with van der Waals surface area (Å²) < 4.78 is 35.0. The van der Waals surface area contributed by atoms with Gasteiger partial charge >= 0.3 is 0 Å². The predicted molar refractivity (Wildman–Crippen MR) is 91.1 cm³/mol. The highest BCUT2D eigenvalue weighted by Crippen LogP contribution is 2.39. The Morgan fingerprint density at radius 1 is 1.44 bits per heavy atom. The van der Waals surface area contributed by atoms with Crippen LogP contribution < -0.4 is 11.1 Å². The molecule has 0 fully saturated rings. The number of nitrogens with two attached hydrogens (primary N) is 1. The summed E-state index contributed by atoms with van der Waals surface area (Å²) in [6, 6.07) is 3.21. The highest BCUT2D eigenvalue weighted by atomic mass is 79.9. The Balaban J connectivity index is 1.75. The Morgan fingerprint density at radius 3 is 2.92 bits per heavy atom. The number of carbonyl (C=O) groups is 1. The standard InChI is InChI=1S/C16H15BrF2N4O2/c17-9-1-4-13(21-6-9)15(24)22-10-2-3-12(18)11(5-10)16(19)8-25-7-14(20)23-16/h1-4,6,11H,5,7-8H2,(H2,20,23)(H,22,24)/t11?,16-/m0/s1. The molecule has 1 amide bonds. The Bertz CT molecular complexity index is 779. The molecule has 1 unspecified atom stereocenters. The molecule has 1 aliphatic heterocycles. The van der Waals surface area contributed by atoms with Gasteiger partial charge in [-0.25, -0.2) is 18.8 Å². The zero-order valence-corrected chi connectivity index (χ0v) is 14.6. The van der Waals surface area contributed by atoms with E-state index in [1.54, 1.807) is 6.07 Å². The summed E-state index contributed by atoms with van der Waals surface area (Å²) in [5, 5.41) is 2.62. The highest BCUT2D eigenvalue weighted by Gasteiger charge is 2.45. The third kappa shape index (κ3) is 3.93. The average Bonchev–Trinajstić information content (AvgIpc) is 2.57. The third-order valence-electron chi connectivity index (χ3n) is 3.85. The van der Waals surface area contributed by atoms with E-state index in [9.17, 15) is 9.18 Å². The van der Waals surface area contributed by atoms with Crippen LogP contribution in [-0.4, -0.2) is 35.7 Å². The van der Waals surface area contributed by atoms with Gasteiger partial charge in [-0.2, -0.15) is 0 Å². The first kappa shape index (κ1) is 17.7. The van der Waals surface area contributed by atoms with Crippen LogP contribution in [0.4, 0.5) is 8.78 Å². The molecule has 9 heteroatoms. The molecule has 3 N–H and O–H groups in total. The minimum absolute atomic E-state index is 0.0123. The summed E-state index contributed by atoms with van der Waals surface area (Å²) >= 11 is 3.23. The molecule has 25 heavy (non-hydrogen) atoms. The van der Waals surface area contributed by atoms with Crippen LogP contribution >= 0.6 is 15.9 Å². The van der Waals surface area contributed by atoms with Gasteiger partial charge in [0.2, 0.25) is 5.79 Å². The molecule has 1 aromatic rings. The number of hydrogen-bond acceptors (Lipinski definition) is 5. The number of ether oxygens (including phenoxy) is 1. The third-order valence-corrected chi connectivity index (χ3v) is 4.32.